The first-order valence-corrected chi connectivity index (χ1v) is 6.90. The average molecular weight is 276 g/mol. The van der Waals surface area contributed by atoms with E-state index in [9.17, 15) is 4.79 Å². The van der Waals surface area contributed by atoms with Crippen molar-refractivity contribution < 1.29 is 23.6 Å². The van der Waals surface area contributed by atoms with Crippen LogP contribution in [0.2, 0.25) is 0 Å². The van der Waals surface area contributed by atoms with Gasteiger partial charge in [0.2, 0.25) is 5.76 Å². The Hall–Kier alpha value is -1.85. The standard InChI is InChI=1S/C15H17NO4/c17-15(19-10-7-16-5-8-18-9-6-16)14-11-12-3-1-2-4-13(12)20-14/h1-4,11H,5-10H2/p+1. The SMILES string of the molecule is O=C(OCC[NH+]1CCOCC1)c1cc2ccccc2o1. The monoisotopic (exact) mass is 276 g/mol. The molecule has 1 N–H and O–H groups in total. The lowest BCUT2D eigenvalue weighted by atomic mass is 10.2. The van der Waals surface area contributed by atoms with E-state index in [1.807, 2.05) is 24.3 Å². The van der Waals surface area contributed by atoms with Gasteiger partial charge in [0.15, 0.2) is 0 Å². The van der Waals surface area contributed by atoms with Crippen LogP contribution in [0, 0.1) is 0 Å². The molecule has 1 aromatic carbocycles. The number of furan rings is 1. The average Bonchev–Trinajstić information content (AvgIpc) is 2.92. The molecule has 1 aromatic heterocycles. The number of carbonyl (C=O) groups is 1. The normalized spacial score (nSPS) is 16.4. The molecule has 2 heterocycles. The second-order valence-electron chi connectivity index (χ2n) is 4.90. The summed E-state index contributed by atoms with van der Waals surface area (Å²) in [6.45, 7) is 4.74. The first-order chi connectivity index (χ1) is 9.83. The number of ether oxygens (including phenoxy) is 2. The summed E-state index contributed by atoms with van der Waals surface area (Å²) in [6, 6.07) is 9.26. The predicted molar refractivity (Wildman–Crippen MR) is 72.9 cm³/mol. The van der Waals surface area contributed by atoms with Crippen LogP contribution in [0.25, 0.3) is 11.0 Å². The van der Waals surface area contributed by atoms with Crippen molar-refractivity contribution in [3.63, 3.8) is 0 Å². The third kappa shape index (κ3) is 3.00. The molecule has 0 amide bonds. The van der Waals surface area contributed by atoms with Gasteiger partial charge in [-0.25, -0.2) is 4.79 Å². The Morgan fingerprint density at radius 1 is 1.25 bits per heavy atom. The third-order valence-corrected chi connectivity index (χ3v) is 3.52. The molecule has 1 fully saturated rings. The van der Waals surface area contributed by atoms with Crippen molar-refractivity contribution in [2.24, 2.45) is 0 Å². The van der Waals surface area contributed by atoms with Crippen molar-refractivity contribution in [1.82, 2.24) is 0 Å². The Morgan fingerprint density at radius 2 is 2.05 bits per heavy atom. The molecule has 1 aliphatic heterocycles. The highest BCUT2D eigenvalue weighted by Crippen LogP contribution is 2.19. The lowest BCUT2D eigenvalue weighted by molar-refractivity contribution is -0.908. The van der Waals surface area contributed by atoms with Gasteiger partial charge in [0.05, 0.1) is 13.2 Å². The van der Waals surface area contributed by atoms with Gasteiger partial charge in [-0.3, -0.25) is 0 Å². The van der Waals surface area contributed by atoms with Gasteiger partial charge < -0.3 is 18.8 Å². The van der Waals surface area contributed by atoms with Gasteiger partial charge >= 0.3 is 5.97 Å². The maximum absolute atomic E-state index is 11.9. The number of fused-ring (bicyclic) bond motifs is 1. The van der Waals surface area contributed by atoms with E-state index in [-0.39, 0.29) is 5.76 Å². The molecule has 0 bridgehead atoms. The fourth-order valence-electron chi connectivity index (χ4n) is 2.35. The highest BCUT2D eigenvalue weighted by Gasteiger charge is 2.16. The van der Waals surface area contributed by atoms with Crippen LogP contribution >= 0.6 is 0 Å². The minimum atomic E-state index is -0.395. The summed E-state index contributed by atoms with van der Waals surface area (Å²) in [4.78, 5) is 13.3. The number of benzene rings is 1. The number of quaternary nitrogens is 1. The van der Waals surface area contributed by atoms with Crippen molar-refractivity contribution in [2.75, 3.05) is 39.5 Å². The van der Waals surface area contributed by atoms with E-state index in [0.717, 1.165) is 38.2 Å². The van der Waals surface area contributed by atoms with Crippen molar-refractivity contribution in [1.29, 1.82) is 0 Å². The van der Waals surface area contributed by atoms with Crippen molar-refractivity contribution in [3.05, 3.63) is 36.1 Å². The number of para-hydroxylation sites is 1. The van der Waals surface area contributed by atoms with E-state index in [2.05, 4.69) is 0 Å². The summed E-state index contributed by atoms with van der Waals surface area (Å²) in [5.41, 5.74) is 0.707. The van der Waals surface area contributed by atoms with E-state index < -0.39 is 5.97 Å². The van der Waals surface area contributed by atoms with Crippen molar-refractivity contribution in [3.8, 4) is 0 Å². The van der Waals surface area contributed by atoms with Crippen LogP contribution in [-0.2, 0) is 9.47 Å². The van der Waals surface area contributed by atoms with Crippen LogP contribution in [0.5, 0.6) is 0 Å². The second kappa shape index (κ2) is 6.07. The summed E-state index contributed by atoms with van der Waals surface area (Å²) in [5, 5.41) is 0.915. The molecule has 0 spiro atoms. The van der Waals surface area contributed by atoms with Crippen LogP contribution in [-0.4, -0.2) is 45.4 Å². The fraction of sp³-hybridized carbons (Fsp3) is 0.400. The summed E-state index contributed by atoms with van der Waals surface area (Å²) >= 11 is 0. The van der Waals surface area contributed by atoms with Crippen LogP contribution in [0.1, 0.15) is 10.6 Å². The second-order valence-corrected chi connectivity index (χ2v) is 4.90. The predicted octanol–water partition coefficient (Wildman–Crippen LogP) is 0.505. The zero-order valence-electron chi connectivity index (χ0n) is 11.3. The summed E-state index contributed by atoms with van der Waals surface area (Å²) in [7, 11) is 0. The molecule has 3 rings (SSSR count). The number of morpholine rings is 1. The number of hydrogen-bond donors (Lipinski definition) is 1. The van der Waals surface area contributed by atoms with E-state index in [4.69, 9.17) is 13.9 Å². The molecule has 106 valence electrons. The maximum atomic E-state index is 11.9. The number of hydrogen-bond acceptors (Lipinski definition) is 4. The van der Waals surface area contributed by atoms with Gasteiger partial charge in [-0.1, -0.05) is 18.2 Å². The topological polar surface area (TPSA) is 53.1 Å². The number of esters is 1. The van der Waals surface area contributed by atoms with Gasteiger partial charge in [0.25, 0.3) is 0 Å². The van der Waals surface area contributed by atoms with E-state index in [1.165, 1.54) is 4.90 Å². The van der Waals surface area contributed by atoms with E-state index >= 15 is 0 Å². The lowest BCUT2D eigenvalue weighted by Gasteiger charge is -2.23. The van der Waals surface area contributed by atoms with Crippen LogP contribution in [0.3, 0.4) is 0 Å². The Bertz CT molecular complexity index is 553. The van der Waals surface area contributed by atoms with Crippen LogP contribution in [0.15, 0.2) is 34.7 Å². The Morgan fingerprint density at radius 3 is 2.85 bits per heavy atom. The van der Waals surface area contributed by atoms with Crippen LogP contribution < -0.4 is 4.90 Å². The number of rotatable bonds is 4. The molecule has 0 saturated carbocycles. The largest absolute Gasteiger partial charge is 0.454 e. The summed E-state index contributed by atoms with van der Waals surface area (Å²) in [6.07, 6.45) is 0. The molecule has 5 heteroatoms. The lowest BCUT2D eigenvalue weighted by Crippen LogP contribution is -3.14. The Balaban J connectivity index is 1.53. The molecule has 1 saturated heterocycles. The van der Waals surface area contributed by atoms with E-state index in [0.29, 0.717) is 12.2 Å². The van der Waals surface area contributed by atoms with Crippen molar-refractivity contribution in [2.45, 2.75) is 0 Å². The van der Waals surface area contributed by atoms with Crippen molar-refractivity contribution >= 4 is 16.9 Å². The van der Waals surface area contributed by atoms with E-state index in [1.54, 1.807) is 6.07 Å². The summed E-state index contributed by atoms with van der Waals surface area (Å²) in [5.74, 6) is -0.128. The molecular weight excluding hydrogens is 258 g/mol. The number of carbonyl (C=O) groups excluding carboxylic acids is 1. The van der Waals surface area contributed by atoms with Gasteiger partial charge in [-0.15, -0.1) is 0 Å². The highest BCUT2D eigenvalue weighted by molar-refractivity contribution is 5.92. The summed E-state index contributed by atoms with van der Waals surface area (Å²) < 4.78 is 16.0. The van der Waals surface area contributed by atoms with Gasteiger partial charge in [0, 0.05) is 5.39 Å². The zero-order valence-corrected chi connectivity index (χ0v) is 11.3. The first kappa shape index (κ1) is 13.1. The molecule has 20 heavy (non-hydrogen) atoms. The fourth-order valence-corrected chi connectivity index (χ4v) is 2.35. The molecule has 0 unspecified atom stereocenters. The van der Waals surface area contributed by atoms with Crippen LogP contribution in [0.4, 0.5) is 0 Å². The first-order valence-electron chi connectivity index (χ1n) is 6.90. The minimum Gasteiger partial charge on any atom is -0.454 e. The molecule has 1 aliphatic rings. The Kier molecular flexibility index (Phi) is 3.99. The van der Waals surface area contributed by atoms with Gasteiger partial charge in [-0.2, -0.15) is 0 Å². The molecule has 0 atom stereocenters. The molecule has 5 nitrogen and oxygen atoms in total. The molecule has 0 radical (unpaired) electrons. The molecule has 2 aromatic rings. The smallest absolute Gasteiger partial charge is 0.374 e. The molecule has 0 aliphatic carbocycles. The zero-order chi connectivity index (χ0) is 13.8. The highest BCUT2D eigenvalue weighted by atomic mass is 16.5. The minimum absolute atomic E-state index is 0.267. The Labute approximate surface area is 117 Å². The maximum Gasteiger partial charge on any atom is 0.374 e. The van der Waals surface area contributed by atoms with Gasteiger partial charge in [-0.05, 0) is 12.1 Å². The van der Waals surface area contributed by atoms with Gasteiger partial charge in [0.1, 0.15) is 31.8 Å². The number of nitrogens with one attached hydrogen (secondary N) is 1. The quantitative estimate of drug-likeness (QED) is 0.827. The molecular formula is C15H18NO4+. The third-order valence-electron chi connectivity index (χ3n) is 3.52.